The lowest BCUT2D eigenvalue weighted by molar-refractivity contribution is 0.199. The van der Waals surface area contributed by atoms with E-state index >= 15 is 0 Å². The van der Waals surface area contributed by atoms with Crippen LogP contribution < -0.4 is 14.2 Å². The van der Waals surface area contributed by atoms with Crippen molar-refractivity contribution in [3.05, 3.63) is 35.2 Å². The minimum absolute atomic E-state index is 0.0860. The van der Waals surface area contributed by atoms with Gasteiger partial charge in [0, 0.05) is 30.8 Å². The maximum Gasteiger partial charge on any atom is 0.263 e. The third kappa shape index (κ3) is 4.99. The van der Waals surface area contributed by atoms with Gasteiger partial charge in [-0.05, 0) is 63.3 Å². The van der Waals surface area contributed by atoms with Crippen LogP contribution in [0.25, 0.3) is 0 Å². The number of sulfonamides is 1. The van der Waals surface area contributed by atoms with Gasteiger partial charge >= 0.3 is 0 Å². The summed E-state index contributed by atoms with van der Waals surface area (Å²) in [7, 11) is -2.36. The highest BCUT2D eigenvalue weighted by molar-refractivity contribution is 7.92. The number of rotatable bonds is 7. The van der Waals surface area contributed by atoms with Gasteiger partial charge in [-0.25, -0.2) is 18.4 Å². The summed E-state index contributed by atoms with van der Waals surface area (Å²) in [6.45, 7) is 6.81. The molecular weight excluding hydrogens is 428 g/mol. The molecule has 1 aliphatic carbocycles. The molecule has 0 spiro atoms. The highest BCUT2D eigenvalue weighted by atomic mass is 32.2. The van der Waals surface area contributed by atoms with Crippen molar-refractivity contribution in [1.29, 1.82) is 0 Å². The van der Waals surface area contributed by atoms with Crippen LogP contribution in [0.2, 0.25) is 0 Å². The van der Waals surface area contributed by atoms with Crippen molar-refractivity contribution in [2.75, 3.05) is 31.5 Å². The molecule has 8 nitrogen and oxygen atoms in total. The number of nitrogens with one attached hydrogen (secondary N) is 1. The van der Waals surface area contributed by atoms with Crippen molar-refractivity contribution in [1.82, 2.24) is 14.9 Å². The first-order valence-corrected chi connectivity index (χ1v) is 12.8. The van der Waals surface area contributed by atoms with Gasteiger partial charge in [0.15, 0.2) is 0 Å². The molecule has 2 aromatic heterocycles. The second-order valence-corrected chi connectivity index (χ2v) is 10.2. The molecule has 1 aliphatic heterocycles. The fourth-order valence-corrected chi connectivity index (χ4v) is 5.46. The van der Waals surface area contributed by atoms with Crippen molar-refractivity contribution in [2.45, 2.75) is 63.4 Å². The normalized spacial score (nSPS) is 17.6. The Morgan fingerprint density at radius 2 is 1.91 bits per heavy atom. The topological polar surface area (TPSA) is 93.7 Å². The Balaban J connectivity index is 1.56. The van der Waals surface area contributed by atoms with E-state index < -0.39 is 10.0 Å². The summed E-state index contributed by atoms with van der Waals surface area (Å²) in [5, 5.41) is 0. The van der Waals surface area contributed by atoms with E-state index in [1.807, 2.05) is 13.0 Å². The molecule has 0 saturated heterocycles. The summed E-state index contributed by atoms with van der Waals surface area (Å²) in [5.74, 6) is 0.781. The number of methoxy groups -OCH3 is 1. The van der Waals surface area contributed by atoms with Crippen LogP contribution in [0.15, 0.2) is 23.2 Å². The molecule has 174 valence electrons. The molecule has 0 unspecified atom stereocenters. The van der Waals surface area contributed by atoms with Crippen LogP contribution in [-0.4, -0.2) is 56.1 Å². The van der Waals surface area contributed by atoms with Gasteiger partial charge in [0.1, 0.15) is 16.7 Å². The fraction of sp³-hybridized carbons (Fsp3) is 0.565. The lowest BCUT2D eigenvalue weighted by Gasteiger charge is -2.16. The number of likely N-dealkylation sites (N-methyl/N-ethyl adjacent to an activating group) is 1. The maximum atomic E-state index is 13.1. The predicted molar refractivity (Wildman–Crippen MR) is 123 cm³/mol. The second kappa shape index (κ2) is 9.62. The zero-order chi connectivity index (χ0) is 22.7. The smallest absolute Gasteiger partial charge is 0.263 e. The third-order valence-electron chi connectivity index (χ3n) is 6.30. The zero-order valence-electron chi connectivity index (χ0n) is 19.1. The predicted octanol–water partition coefficient (Wildman–Crippen LogP) is 3.34. The Morgan fingerprint density at radius 1 is 1.16 bits per heavy atom. The standard InChI is InChI=1S/C23H32N4O4S/c1-4-27-11-9-17-14-21(23(30-3)25-20(17)10-12-27)26-32(28,29)19-13-16(2)22(24-15-19)31-18-7-5-6-8-18/h13-15,18,26H,4-12H2,1-3H3. The Hall–Kier alpha value is -2.39. The summed E-state index contributed by atoms with van der Waals surface area (Å²) in [5.41, 5.74) is 3.06. The number of pyridine rings is 2. The summed E-state index contributed by atoms with van der Waals surface area (Å²) < 4.78 is 40.3. The molecule has 9 heteroatoms. The van der Waals surface area contributed by atoms with E-state index in [9.17, 15) is 8.42 Å². The average molecular weight is 461 g/mol. The van der Waals surface area contributed by atoms with Crippen molar-refractivity contribution in [3.63, 3.8) is 0 Å². The lowest BCUT2D eigenvalue weighted by Crippen LogP contribution is -2.25. The quantitative estimate of drug-likeness (QED) is 0.677. The first-order chi connectivity index (χ1) is 15.4. The summed E-state index contributed by atoms with van der Waals surface area (Å²) in [4.78, 5) is 11.4. The van der Waals surface area contributed by atoms with Crippen LogP contribution in [0.3, 0.4) is 0 Å². The molecule has 0 bridgehead atoms. The van der Waals surface area contributed by atoms with Crippen LogP contribution in [-0.2, 0) is 22.9 Å². The SMILES string of the molecule is CCN1CCc2cc(NS(=O)(=O)c3cnc(OC4CCCC4)c(C)c3)c(OC)nc2CC1. The Morgan fingerprint density at radius 3 is 2.59 bits per heavy atom. The van der Waals surface area contributed by atoms with Gasteiger partial charge < -0.3 is 14.4 Å². The van der Waals surface area contributed by atoms with E-state index in [-0.39, 0.29) is 16.9 Å². The molecule has 0 amide bonds. The Kier molecular flexibility index (Phi) is 6.85. The van der Waals surface area contributed by atoms with E-state index in [4.69, 9.17) is 9.47 Å². The highest BCUT2D eigenvalue weighted by Crippen LogP contribution is 2.30. The molecule has 0 radical (unpaired) electrons. The van der Waals surface area contributed by atoms with E-state index in [2.05, 4.69) is 26.5 Å². The van der Waals surface area contributed by atoms with Gasteiger partial charge in [0.2, 0.25) is 11.8 Å². The summed E-state index contributed by atoms with van der Waals surface area (Å²) in [6, 6.07) is 3.46. The van der Waals surface area contributed by atoms with Crippen LogP contribution in [0.1, 0.15) is 49.4 Å². The second-order valence-electron chi connectivity index (χ2n) is 8.51. The molecular formula is C23H32N4O4S. The number of nitrogens with zero attached hydrogens (tertiary/aromatic N) is 3. The fourth-order valence-electron chi connectivity index (χ4n) is 4.38. The van der Waals surface area contributed by atoms with E-state index in [1.54, 1.807) is 6.07 Å². The number of aromatic nitrogens is 2. The molecule has 3 heterocycles. The van der Waals surface area contributed by atoms with Gasteiger partial charge in [-0.15, -0.1) is 0 Å². The molecule has 1 N–H and O–H groups in total. The largest absolute Gasteiger partial charge is 0.479 e. The minimum atomic E-state index is -3.86. The number of hydrogen-bond donors (Lipinski definition) is 1. The lowest BCUT2D eigenvalue weighted by atomic mass is 10.1. The van der Waals surface area contributed by atoms with Crippen molar-refractivity contribution < 1.29 is 17.9 Å². The van der Waals surface area contributed by atoms with E-state index in [0.29, 0.717) is 17.1 Å². The van der Waals surface area contributed by atoms with Crippen LogP contribution >= 0.6 is 0 Å². The van der Waals surface area contributed by atoms with E-state index in [0.717, 1.165) is 69.4 Å². The molecule has 2 aromatic rings. The maximum absolute atomic E-state index is 13.1. The average Bonchev–Trinajstić information content (AvgIpc) is 3.20. The molecule has 1 saturated carbocycles. The minimum Gasteiger partial charge on any atom is -0.479 e. The van der Waals surface area contributed by atoms with Crippen LogP contribution in [0.5, 0.6) is 11.8 Å². The first kappa shape index (κ1) is 22.8. The monoisotopic (exact) mass is 460 g/mol. The number of anilines is 1. The van der Waals surface area contributed by atoms with Crippen molar-refractivity contribution >= 4 is 15.7 Å². The molecule has 2 aliphatic rings. The molecule has 1 fully saturated rings. The van der Waals surface area contributed by atoms with Gasteiger partial charge in [-0.1, -0.05) is 6.92 Å². The third-order valence-corrected chi connectivity index (χ3v) is 7.63. The highest BCUT2D eigenvalue weighted by Gasteiger charge is 2.23. The Bertz CT molecular complexity index is 1070. The molecule has 4 rings (SSSR count). The van der Waals surface area contributed by atoms with Crippen LogP contribution in [0.4, 0.5) is 5.69 Å². The van der Waals surface area contributed by atoms with Crippen molar-refractivity contribution in [3.8, 4) is 11.8 Å². The van der Waals surface area contributed by atoms with Crippen molar-refractivity contribution in [2.24, 2.45) is 0 Å². The van der Waals surface area contributed by atoms with Gasteiger partial charge in [0.25, 0.3) is 10.0 Å². The number of hydrogen-bond acceptors (Lipinski definition) is 7. The molecule has 0 aromatic carbocycles. The van der Waals surface area contributed by atoms with Gasteiger partial charge in [-0.2, -0.15) is 0 Å². The number of aryl methyl sites for hydroxylation is 1. The zero-order valence-corrected chi connectivity index (χ0v) is 19.9. The molecule has 32 heavy (non-hydrogen) atoms. The number of fused-ring (bicyclic) bond motifs is 1. The Labute approximate surface area is 190 Å². The van der Waals surface area contributed by atoms with Gasteiger partial charge in [0.05, 0.1) is 13.3 Å². The van der Waals surface area contributed by atoms with Crippen LogP contribution in [0, 0.1) is 6.92 Å². The van der Waals surface area contributed by atoms with Gasteiger partial charge in [-0.3, -0.25) is 4.72 Å². The first-order valence-electron chi connectivity index (χ1n) is 11.3. The van der Waals surface area contributed by atoms with E-state index in [1.165, 1.54) is 13.3 Å². The summed E-state index contributed by atoms with van der Waals surface area (Å²) in [6.07, 6.45) is 7.51. The molecule has 0 atom stereocenters. The number of ether oxygens (including phenoxy) is 2. The summed E-state index contributed by atoms with van der Waals surface area (Å²) >= 11 is 0.